The fraction of sp³-hybridized carbons (Fsp3) is 0.235. The first-order valence-electron chi connectivity index (χ1n) is 6.35. The summed E-state index contributed by atoms with van der Waals surface area (Å²) in [5.74, 6) is 0. The van der Waals surface area contributed by atoms with Gasteiger partial charge in [-0.3, -0.25) is 0 Å². The summed E-state index contributed by atoms with van der Waals surface area (Å²) in [5, 5.41) is 4.64. The van der Waals surface area contributed by atoms with Crippen LogP contribution in [0.2, 0.25) is 0 Å². The average Bonchev–Trinajstić information content (AvgIpc) is 2.36. The minimum Gasteiger partial charge on any atom is 0 e. The molecule has 4 heteroatoms. The average molecular weight is 366 g/mol. The molecule has 0 bridgehead atoms. The molecule has 2 rings (SSSR count). The zero-order valence-electron chi connectivity index (χ0n) is 12.5. The summed E-state index contributed by atoms with van der Waals surface area (Å²) in [4.78, 5) is 0. The summed E-state index contributed by atoms with van der Waals surface area (Å²) >= 11 is 1.44. The number of aryl methyl sites for hydroxylation is 3. The normalized spacial score (nSPS) is 9.14. The third kappa shape index (κ3) is 7.06. The van der Waals surface area contributed by atoms with Gasteiger partial charge in [-0.2, -0.15) is 30.3 Å². The number of nitrogens with zero attached hydrogens (tertiary/aromatic N) is 1. The monoisotopic (exact) mass is 366 g/mol. The van der Waals surface area contributed by atoms with E-state index in [1.807, 2.05) is 6.07 Å². The largest absolute Gasteiger partial charge is 0 e. The van der Waals surface area contributed by atoms with Crippen molar-refractivity contribution >= 4 is 5.69 Å². The van der Waals surface area contributed by atoms with Crippen molar-refractivity contribution in [3.05, 3.63) is 76.5 Å². The van der Waals surface area contributed by atoms with Crippen LogP contribution in [0.3, 0.4) is 0 Å². The molecule has 1 nitrogen and oxygen atoms in total. The molecule has 0 saturated heterocycles. The minimum absolute atomic E-state index is 0. The third-order valence-electron chi connectivity index (χ3n) is 2.85. The predicted molar refractivity (Wildman–Crippen MR) is 79.4 cm³/mol. The number of hydrogen-bond donors (Lipinski definition) is 0. The van der Waals surface area contributed by atoms with Gasteiger partial charge in [0.1, 0.15) is 0 Å². The molecule has 0 aliphatic rings. The fourth-order valence-corrected chi connectivity index (χ4v) is 2.27. The van der Waals surface area contributed by atoms with E-state index in [2.05, 4.69) is 63.3 Å². The van der Waals surface area contributed by atoms with Gasteiger partial charge >= 0.3 is 20.0 Å². The van der Waals surface area contributed by atoms with Crippen molar-refractivity contribution in [2.75, 3.05) is 0 Å². The summed E-state index contributed by atoms with van der Waals surface area (Å²) in [7, 11) is 0. The standard InChI is InChI=1S/C17H19N.FH.2Mn/c1-12-5-13(2)8-16(7-12)11-18-17-9-14(3)6-15(4)10-17;;;/h5-10H,3,11H2,1-2,4H3;1H;;/q-2;;;+2/p-1. The van der Waals surface area contributed by atoms with E-state index >= 15 is 0 Å². The van der Waals surface area contributed by atoms with Crippen LogP contribution < -0.4 is 0 Å². The van der Waals surface area contributed by atoms with Crippen molar-refractivity contribution in [1.29, 1.82) is 0 Å². The zero-order valence-corrected chi connectivity index (χ0v) is 14.8. The van der Waals surface area contributed by atoms with E-state index in [0.717, 1.165) is 17.8 Å². The van der Waals surface area contributed by atoms with Gasteiger partial charge in [0.05, 0.1) is 0 Å². The molecular weight excluding hydrogens is 347 g/mol. The van der Waals surface area contributed by atoms with E-state index in [0.29, 0.717) is 0 Å². The van der Waals surface area contributed by atoms with Crippen LogP contribution in [-0.2, 0) is 40.1 Å². The number of hydrogen-bond acceptors (Lipinski definition) is 0. The molecule has 21 heavy (non-hydrogen) atoms. The van der Waals surface area contributed by atoms with Crippen LogP contribution >= 0.6 is 0 Å². The van der Waals surface area contributed by atoms with Gasteiger partial charge in [0, 0.05) is 17.1 Å². The van der Waals surface area contributed by atoms with E-state index in [1.165, 1.54) is 38.7 Å². The Balaban J connectivity index is 0.00000128. The van der Waals surface area contributed by atoms with E-state index in [1.54, 1.807) is 0 Å². The van der Waals surface area contributed by atoms with Crippen LogP contribution in [-0.4, -0.2) is 0 Å². The van der Waals surface area contributed by atoms with Gasteiger partial charge in [0.2, 0.25) is 0 Å². The molecule has 0 aliphatic carbocycles. The van der Waals surface area contributed by atoms with Gasteiger partial charge in [0.25, 0.3) is 0 Å². The van der Waals surface area contributed by atoms with Crippen molar-refractivity contribution in [2.24, 2.45) is 0 Å². The molecule has 0 spiro atoms. The maximum atomic E-state index is 9.31. The molecule has 0 N–H and O–H groups in total. The van der Waals surface area contributed by atoms with Crippen molar-refractivity contribution < 1.29 is 37.1 Å². The summed E-state index contributed by atoms with van der Waals surface area (Å²) < 4.78 is 9.31. The Morgan fingerprint density at radius 3 is 1.95 bits per heavy atom. The summed E-state index contributed by atoms with van der Waals surface area (Å²) in [6.45, 7) is 11.0. The summed E-state index contributed by atoms with van der Waals surface area (Å²) in [6, 6.07) is 12.8. The molecule has 0 saturated carbocycles. The Bertz CT molecular complexity index is 479. The first kappa shape index (κ1) is 20.1. The van der Waals surface area contributed by atoms with E-state index in [9.17, 15) is 3.55 Å². The molecule has 0 heterocycles. The molecule has 2 aromatic rings. The smallest absolute Gasteiger partial charge is 0 e. The van der Waals surface area contributed by atoms with Gasteiger partial charge < -0.3 is 5.32 Å². The topological polar surface area (TPSA) is 14.1 Å². The fourth-order valence-electron chi connectivity index (χ4n) is 2.27. The zero-order chi connectivity index (χ0) is 15.1. The van der Waals surface area contributed by atoms with Gasteiger partial charge in [0.15, 0.2) is 0 Å². The van der Waals surface area contributed by atoms with E-state index in [-0.39, 0.29) is 17.1 Å². The van der Waals surface area contributed by atoms with Crippen molar-refractivity contribution in [2.45, 2.75) is 27.3 Å². The van der Waals surface area contributed by atoms with Crippen LogP contribution in [0, 0.1) is 27.7 Å². The first-order valence-corrected chi connectivity index (χ1v) is 6.80. The Labute approximate surface area is 146 Å². The van der Waals surface area contributed by atoms with Gasteiger partial charge in [-0.25, -0.2) is 0 Å². The first-order chi connectivity index (χ1) is 9.52. The maximum absolute atomic E-state index is 9.31. The van der Waals surface area contributed by atoms with Crippen molar-refractivity contribution in [3.63, 3.8) is 0 Å². The molecule has 114 valence electrons. The van der Waals surface area contributed by atoms with Crippen LogP contribution in [0.25, 0.3) is 5.32 Å². The van der Waals surface area contributed by atoms with Crippen molar-refractivity contribution in [1.82, 2.24) is 0 Å². The van der Waals surface area contributed by atoms with Crippen LogP contribution in [0.15, 0.2) is 36.4 Å². The van der Waals surface area contributed by atoms with Gasteiger partial charge in [-0.15, -0.1) is 12.1 Å². The molecule has 0 atom stereocenters. The number of halogens is 1. The maximum Gasteiger partial charge on any atom is 0 e. The Kier molecular flexibility index (Phi) is 9.48. The SMILES string of the molecule is [CH2-]c1cc(C)cc([N-]Cc2cc(C)cc(C)c2)c1.[F][Mn+].[Mn]. The summed E-state index contributed by atoms with van der Waals surface area (Å²) in [5.41, 5.74) is 7.10. The molecule has 0 aromatic heterocycles. The quantitative estimate of drug-likeness (QED) is 0.509. The van der Waals surface area contributed by atoms with Crippen LogP contribution in [0.4, 0.5) is 9.24 Å². The molecule has 0 aliphatic heterocycles. The van der Waals surface area contributed by atoms with Crippen molar-refractivity contribution in [3.8, 4) is 0 Å². The van der Waals surface area contributed by atoms with E-state index in [4.69, 9.17) is 0 Å². The minimum atomic E-state index is 0. The molecule has 0 unspecified atom stereocenters. The van der Waals surface area contributed by atoms with Crippen LogP contribution in [0.1, 0.15) is 27.8 Å². The Hall–Kier alpha value is -0.921. The van der Waals surface area contributed by atoms with E-state index < -0.39 is 0 Å². The van der Waals surface area contributed by atoms with Gasteiger partial charge in [-0.05, 0) is 13.8 Å². The molecule has 0 fully saturated rings. The second kappa shape index (κ2) is 9.91. The second-order valence-corrected chi connectivity index (χ2v) is 4.99. The Morgan fingerprint density at radius 2 is 1.43 bits per heavy atom. The predicted octanol–water partition coefficient (Wildman–Crippen LogP) is 5.41. The number of benzene rings is 2. The van der Waals surface area contributed by atoms with Crippen LogP contribution in [0.5, 0.6) is 0 Å². The molecule has 1 radical (unpaired) electrons. The Morgan fingerprint density at radius 1 is 0.905 bits per heavy atom. The second-order valence-electron chi connectivity index (χ2n) is 4.99. The number of rotatable bonds is 3. The van der Waals surface area contributed by atoms with Gasteiger partial charge in [-0.1, -0.05) is 47.9 Å². The molecular formula is C17H19FMn2N-. The molecule has 2 aromatic carbocycles. The summed E-state index contributed by atoms with van der Waals surface area (Å²) in [6.07, 6.45) is 0. The third-order valence-corrected chi connectivity index (χ3v) is 2.85. The molecule has 0 amide bonds.